The molecule has 2 aromatic carbocycles. The summed E-state index contributed by atoms with van der Waals surface area (Å²) in [6.07, 6.45) is 1.64. The van der Waals surface area contributed by atoms with Gasteiger partial charge in [0.1, 0.15) is 0 Å². The minimum atomic E-state index is -0.947. The van der Waals surface area contributed by atoms with E-state index in [0.717, 1.165) is 30.5 Å². The predicted molar refractivity (Wildman–Crippen MR) is 136 cm³/mol. The third-order valence-corrected chi connectivity index (χ3v) is 6.96. The van der Waals surface area contributed by atoms with Crippen LogP contribution >= 0.6 is 0 Å². The molecule has 4 N–H and O–H groups in total. The van der Waals surface area contributed by atoms with E-state index in [-0.39, 0.29) is 30.2 Å². The van der Waals surface area contributed by atoms with E-state index in [9.17, 15) is 23.5 Å². The summed E-state index contributed by atoms with van der Waals surface area (Å²) in [7, 11) is 0. The lowest BCUT2D eigenvalue weighted by Crippen LogP contribution is -2.46. The number of nitrogens with one attached hydrogen (secondary N) is 3. The summed E-state index contributed by atoms with van der Waals surface area (Å²) < 4.78 is 26.9. The van der Waals surface area contributed by atoms with Gasteiger partial charge in [0.05, 0.1) is 40.7 Å². The lowest BCUT2D eigenvalue weighted by atomic mass is 9.82. The molecule has 2 aliphatic rings. The fraction of sp³-hybridized carbons (Fsp3) is 0.296. The zero-order valence-electron chi connectivity index (χ0n) is 20.4. The number of aliphatic hydroxyl groups is 1. The summed E-state index contributed by atoms with van der Waals surface area (Å²) in [6, 6.07) is 12.3. The minimum Gasteiger partial charge on any atom is -0.394 e. The predicted octanol–water partition coefficient (Wildman–Crippen LogP) is 4.67. The zero-order valence-corrected chi connectivity index (χ0v) is 20.4. The van der Waals surface area contributed by atoms with Gasteiger partial charge in [-0.3, -0.25) is 9.59 Å². The molecule has 10 heteroatoms. The summed E-state index contributed by atoms with van der Waals surface area (Å²) in [5.41, 5.74) is 2.59. The van der Waals surface area contributed by atoms with Gasteiger partial charge >= 0.3 is 0 Å². The van der Waals surface area contributed by atoms with Crippen molar-refractivity contribution in [1.29, 1.82) is 0 Å². The monoisotopic (exact) mass is 507 g/mol. The van der Waals surface area contributed by atoms with E-state index >= 15 is 0 Å². The molecule has 3 aromatic rings. The van der Waals surface area contributed by atoms with Gasteiger partial charge in [0, 0.05) is 30.1 Å². The highest BCUT2D eigenvalue weighted by molar-refractivity contribution is 6.12. The highest BCUT2D eigenvalue weighted by Crippen LogP contribution is 2.38. The molecule has 3 heterocycles. The van der Waals surface area contributed by atoms with Gasteiger partial charge in [-0.2, -0.15) is 13.8 Å². The molecule has 1 atom stereocenters. The second-order valence-corrected chi connectivity index (χ2v) is 9.83. The zero-order chi connectivity index (χ0) is 26.3. The molecule has 0 aliphatic carbocycles. The summed E-state index contributed by atoms with van der Waals surface area (Å²) in [6.45, 7) is 4.23. The maximum Gasteiger partial charge on any atom is 0.257 e. The third-order valence-electron chi connectivity index (χ3n) is 6.96. The average Bonchev–Trinajstić information content (AvgIpc) is 3.27. The first-order chi connectivity index (χ1) is 17.7. The molecule has 192 valence electrons. The number of hydrogen-bond acceptors (Lipinski definition) is 6. The SMILES string of the molecule is CC(C)(C(=O)N1CCC[C@@H]1CO)c1ccc2c(c1)NC(=O)c1ccc(Nc3cc(F)nc(F)c3)cc1N2. The topological polar surface area (TPSA) is 107 Å². The van der Waals surface area contributed by atoms with Gasteiger partial charge in [0.15, 0.2) is 0 Å². The van der Waals surface area contributed by atoms with Crippen molar-refractivity contribution in [1.82, 2.24) is 9.88 Å². The van der Waals surface area contributed by atoms with Gasteiger partial charge in [0.2, 0.25) is 17.8 Å². The van der Waals surface area contributed by atoms with Gasteiger partial charge in [-0.25, -0.2) is 0 Å². The van der Waals surface area contributed by atoms with Crippen molar-refractivity contribution in [2.24, 2.45) is 0 Å². The van der Waals surface area contributed by atoms with Crippen molar-refractivity contribution in [2.45, 2.75) is 38.1 Å². The summed E-state index contributed by atoms with van der Waals surface area (Å²) in [5.74, 6) is -2.30. The van der Waals surface area contributed by atoms with E-state index in [0.29, 0.717) is 34.9 Å². The second-order valence-electron chi connectivity index (χ2n) is 9.83. The smallest absolute Gasteiger partial charge is 0.257 e. The third kappa shape index (κ3) is 4.72. The van der Waals surface area contributed by atoms with Crippen molar-refractivity contribution in [2.75, 3.05) is 29.1 Å². The molecule has 37 heavy (non-hydrogen) atoms. The first-order valence-corrected chi connectivity index (χ1v) is 12.0. The van der Waals surface area contributed by atoms with E-state index in [4.69, 9.17) is 0 Å². The Labute approximate surface area is 212 Å². The highest BCUT2D eigenvalue weighted by atomic mass is 19.1. The Bertz CT molecular complexity index is 1370. The maximum absolute atomic E-state index is 13.5. The van der Waals surface area contributed by atoms with Crippen LogP contribution in [-0.4, -0.2) is 46.0 Å². The molecule has 8 nitrogen and oxygen atoms in total. The quantitative estimate of drug-likeness (QED) is 0.374. The van der Waals surface area contributed by atoms with Crippen LogP contribution in [-0.2, 0) is 10.2 Å². The molecular weight excluding hydrogens is 480 g/mol. The summed E-state index contributed by atoms with van der Waals surface area (Å²) in [4.78, 5) is 31.3. The van der Waals surface area contributed by atoms with Crippen molar-refractivity contribution < 1.29 is 23.5 Å². The maximum atomic E-state index is 13.5. The Morgan fingerprint density at radius 3 is 2.54 bits per heavy atom. The number of nitrogens with zero attached hydrogens (tertiary/aromatic N) is 2. The number of rotatable bonds is 5. The molecule has 1 aromatic heterocycles. The molecule has 2 aliphatic heterocycles. The first kappa shape index (κ1) is 24.6. The minimum absolute atomic E-state index is 0.0634. The van der Waals surface area contributed by atoms with Crippen LogP contribution in [0.2, 0.25) is 0 Å². The molecule has 1 fully saturated rings. The lowest BCUT2D eigenvalue weighted by molar-refractivity contribution is -0.137. The van der Waals surface area contributed by atoms with Crippen LogP contribution in [0.25, 0.3) is 0 Å². The van der Waals surface area contributed by atoms with Gasteiger partial charge in [-0.1, -0.05) is 6.07 Å². The van der Waals surface area contributed by atoms with Crippen LogP contribution in [0.4, 0.5) is 37.2 Å². The molecule has 0 spiro atoms. The van der Waals surface area contributed by atoms with E-state index in [1.807, 2.05) is 19.9 Å². The molecule has 0 saturated carbocycles. The van der Waals surface area contributed by atoms with E-state index in [2.05, 4.69) is 20.9 Å². The number of aromatic nitrogens is 1. The fourth-order valence-corrected chi connectivity index (χ4v) is 4.88. The average molecular weight is 508 g/mol. The highest BCUT2D eigenvalue weighted by Gasteiger charge is 2.39. The number of halogens is 2. The van der Waals surface area contributed by atoms with Crippen LogP contribution in [0.3, 0.4) is 0 Å². The molecule has 5 rings (SSSR count). The number of carbonyl (C=O) groups excluding carboxylic acids is 2. The largest absolute Gasteiger partial charge is 0.394 e. The Balaban J connectivity index is 1.42. The number of fused-ring (bicyclic) bond motifs is 2. The standard InChI is InChI=1S/C27H27F2N5O3/c1-27(2,26(37)34-9-3-4-18(34)14-35)15-5-8-20-22(10-15)32-25(36)19-7-6-16(11-21(19)31-20)30-17-12-23(28)33-24(29)13-17/h5-8,10-13,18,31,35H,3-4,9,14H2,1-2H3,(H,30,33)(H,32,36)/t18-/m1/s1. The van der Waals surface area contributed by atoms with Crippen LogP contribution in [0.15, 0.2) is 48.5 Å². The number of benzene rings is 2. The summed E-state index contributed by atoms with van der Waals surface area (Å²) >= 11 is 0. The van der Waals surface area contributed by atoms with Crippen molar-refractivity contribution in [3.05, 3.63) is 71.6 Å². The Morgan fingerprint density at radius 2 is 1.81 bits per heavy atom. The first-order valence-electron chi connectivity index (χ1n) is 12.0. The number of carbonyl (C=O) groups is 2. The summed E-state index contributed by atoms with van der Waals surface area (Å²) in [5, 5.41) is 18.7. The van der Waals surface area contributed by atoms with Crippen LogP contribution in [0.1, 0.15) is 42.6 Å². The number of pyridine rings is 1. The number of anilines is 5. The number of aliphatic hydroxyl groups excluding tert-OH is 1. The normalized spacial score (nSPS) is 16.8. The number of amides is 2. The van der Waals surface area contributed by atoms with Crippen LogP contribution in [0.5, 0.6) is 0 Å². The van der Waals surface area contributed by atoms with E-state index in [1.165, 1.54) is 0 Å². The van der Waals surface area contributed by atoms with Crippen molar-refractivity contribution in [3.63, 3.8) is 0 Å². The Kier molecular flexibility index (Phi) is 6.28. The fourth-order valence-electron chi connectivity index (χ4n) is 4.88. The molecular formula is C27H27F2N5O3. The Morgan fingerprint density at radius 1 is 1.05 bits per heavy atom. The van der Waals surface area contributed by atoms with E-state index in [1.54, 1.807) is 35.2 Å². The lowest BCUT2D eigenvalue weighted by Gasteiger charge is -2.33. The van der Waals surface area contributed by atoms with Gasteiger partial charge in [-0.05, 0) is 62.6 Å². The van der Waals surface area contributed by atoms with Gasteiger partial charge in [0.25, 0.3) is 5.91 Å². The number of likely N-dealkylation sites (tertiary alicyclic amines) is 1. The van der Waals surface area contributed by atoms with Gasteiger partial charge in [-0.15, -0.1) is 0 Å². The Hall–Kier alpha value is -4.05. The van der Waals surface area contributed by atoms with Crippen molar-refractivity contribution in [3.8, 4) is 0 Å². The van der Waals surface area contributed by atoms with Crippen LogP contribution < -0.4 is 16.0 Å². The molecule has 1 saturated heterocycles. The second kappa shape index (κ2) is 9.44. The molecule has 0 unspecified atom stereocenters. The molecule has 0 radical (unpaired) electrons. The van der Waals surface area contributed by atoms with Crippen LogP contribution in [0, 0.1) is 11.9 Å². The van der Waals surface area contributed by atoms with Gasteiger partial charge < -0.3 is 26.0 Å². The molecule has 0 bridgehead atoms. The number of hydrogen-bond donors (Lipinski definition) is 4. The molecule has 2 amide bonds. The van der Waals surface area contributed by atoms with Crippen molar-refractivity contribution >= 4 is 40.3 Å². The van der Waals surface area contributed by atoms with E-state index < -0.39 is 17.3 Å².